The Bertz CT molecular complexity index is 408. The van der Waals surface area contributed by atoms with E-state index in [1.54, 1.807) is 9.80 Å². The smallest absolute Gasteiger partial charge is 0.315 e. The molecule has 0 bridgehead atoms. The van der Waals surface area contributed by atoms with Gasteiger partial charge in [0.15, 0.2) is 5.78 Å². The fourth-order valence-electron chi connectivity index (χ4n) is 2.43. The Balaban J connectivity index is 2.00. The number of carbonyl (C=O) groups excluding carboxylic acids is 2. The minimum Gasteiger partial charge on any atom is -0.315 e. The molecule has 20 heavy (non-hydrogen) atoms. The van der Waals surface area contributed by atoms with Gasteiger partial charge in [-0.2, -0.15) is 0 Å². The van der Waals surface area contributed by atoms with Gasteiger partial charge in [-0.1, -0.05) is 24.0 Å². The summed E-state index contributed by atoms with van der Waals surface area (Å²) in [5, 5.41) is 3.19. The molecule has 2 aliphatic heterocycles. The predicted octanol–water partition coefficient (Wildman–Crippen LogP) is 1.47. The highest BCUT2D eigenvalue weighted by molar-refractivity contribution is 8.23. The van der Waals surface area contributed by atoms with E-state index in [9.17, 15) is 9.59 Å². The third kappa shape index (κ3) is 3.51. The Morgan fingerprint density at radius 1 is 1.55 bits per heavy atom. The molecule has 0 spiro atoms. The quantitative estimate of drug-likeness (QED) is 0.796. The van der Waals surface area contributed by atoms with Crippen molar-refractivity contribution in [3.63, 3.8) is 0 Å². The van der Waals surface area contributed by atoms with Gasteiger partial charge >= 0.3 is 6.03 Å². The summed E-state index contributed by atoms with van der Waals surface area (Å²) in [6.45, 7) is 5.55. The van der Waals surface area contributed by atoms with Crippen molar-refractivity contribution < 1.29 is 9.59 Å². The largest absolute Gasteiger partial charge is 0.326 e. The summed E-state index contributed by atoms with van der Waals surface area (Å²) in [5.41, 5.74) is 0. The molecule has 7 heteroatoms. The van der Waals surface area contributed by atoms with Crippen molar-refractivity contribution in [2.75, 3.05) is 25.4 Å². The number of urea groups is 1. The number of thiocarbonyl (C=S) groups is 1. The number of ketones is 1. The Labute approximate surface area is 129 Å². The summed E-state index contributed by atoms with van der Waals surface area (Å²) in [4.78, 5) is 28.0. The number of Topliss-reactive ketones (excluding diaryl/α,β-unsaturated/α-hetero) is 1. The minimum atomic E-state index is -0.138. The molecule has 5 nitrogen and oxygen atoms in total. The van der Waals surface area contributed by atoms with Crippen LogP contribution < -0.4 is 5.32 Å². The van der Waals surface area contributed by atoms with Crippen molar-refractivity contribution in [1.29, 1.82) is 0 Å². The van der Waals surface area contributed by atoms with Crippen LogP contribution in [0.15, 0.2) is 0 Å². The van der Waals surface area contributed by atoms with E-state index >= 15 is 0 Å². The Morgan fingerprint density at radius 3 is 2.80 bits per heavy atom. The van der Waals surface area contributed by atoms with E-state index in [-0.39, 0.29) is 30.4 Å². The first-order valence-corrected chi connectivity index (χ1v) is 8.41. The Morgan fingerprint density at radius 2 is 2.30 bits per heavy atom. The van der Waals surface area contributed by atoms with E-state index in [1.807, 2.05) is 13.8 Å². The second kappa shape index (κ2) is 6.87. The molecule has 2 aliphatic rings. The summed E-state index contributed by atoms with van der Waals surface area (Å²) in [6, 6.07) is -0.244. The predicted molar refractivity (Wildman–Crippen MR) is 85.0 cm³/mol. The molecule has 0 aliphatic carbocycles. The van der Waals surface area contributed by atoms with Crippen LogP contribution in [0, 0.1) is 0 Å². The van der Waals surface area contributed by atoms with Crippen LogP contribution in [0.25, 0.3) is 0 Å². The second-order valence-electron chi connectivity index (χ2n) is 5.39. The fourth-order valence-corrected chi connectivity index (χ4v) is 3.62. The Kier molecular flexibility index (Phi) is 5.40. The molecule has 0 aromatic rings. The number of thioether (sulfide) groups is 1. The molecular weight excluding hydrogens is 294 g/mol. The van der Waals surface area contributed by atoms with Gasteiger partial charge in [0.25, 0.3) is 0 Å². The van der Waals surface area contributed by atoms with E-state index in [4.69, 9.17) is 12.2 Å². The summed E-state index contributed by atoms with van der Waals surface area (Å²) in [6.07, 6.45) is 1.90. The molecule has 2 saturated heterocycles. The van der Waals surface area contributed by atoms with Crippen LogP contribution >= 0.6 is 24.0 Å². The monoisotopic (exact) mass is 315 g/mol. The number of nitrogens with zero attached hydrogens (tertiary/aromatic N) is 2. The molecule has 0 aromatic heterocycles. The molecule has 0 radical (unpaired) electrons. The number of carbonyl (C=O) groups is 2. The zero-order valence-corrected chi connectivity index (χ0v) is 13.6. The lowest BCUT2D eigenvalue weighted by molar-refractivity contribution is -0.121. The molecule has 0 aromatic carbocycles. The first-order valence-electron chi connectivity index (χ1n) is 7.01. The van der Waals surface area contributed by atoms with Crippen molar-refractivity contribution >= 4 is 40.1 Å². The number of nitrogens with one attached hydrogen (secondary N) is 1. The molecule has 2 fully saturated rings. The van der Waals surface area contributed by atoms with Crippen molar-refractivity contribution in [2.24, 2.45) is 0 Å². The van der Waals surface area contributed by atoms with Gasteiger partial charge in [0.1, 0.15) is 4.32 Å². The van der Waals surface area contributed by atoms with Crippen LogP contribution in [0.3, 0.4) is 0 Å². The number of rotatable bonds is 4. The summed E-state index contributed by atoms with van der Waals surface area (Å²) >= 11 is 6.71. The SMILES string of the molecule is CC(C)N(CC(=O)[C@H]1CCCN1)C(=O)N1CCSC1=S. The van der Waals surface area contributed by atoms with Crippen LogP contribution in [0.1, 0.15) is 26.7 Å². The van der Waals surface area contributed by atoms with E-state index in [0.29, 0.717) is 10.9 Å². The van der Waals surface area contributed by atoms with Crippen LogP contribution in [-0.2, 0) is 4.79 Å². The lowest BCUT2D eigenvalue weighted by Gasteiger charge is -2.30. The third-order valence-electron chi connectivity index (χ3n) is 3.64. The van der Waals surface area contributed by atoms with Crippen molar-refractivity contribution in [2.45, 2.75) is 38.8 Å². The van der Waals surface area contributed by atoms with Gasteiger partial charge in [-0.3, -0.25) is 9.69 Å². The summed E-state index contributed by atoms with van der Waals surface area (Å²) in [5.74, 6) is 0.941. The topological polar surface area (TPSA) is 52.7 Å². The van der Waals surface area contributed by atoms with Gasteiger partial charge in [-0.25, -0.2) is 4.79 Å². The molecule has 112 valence electrons. The minimum absolute atomic E-state index is 0.0127. The maximum atomic E-state index is 12.5. The zero-order chi connectivity index (χ0) is 14.7. The number of amides is 2. The van der Waals surface area contributed by atoms with Gasteiger partial charge in [-0.15, -0.1) is 0 Å². The fraction of sp³-hybridized carbons (Fsp3) is 0.769. The Hall–Kier alpha value is -0.660. The van der Waals surface area contributed by atoms with Gasteiger partial charge in [-0.05, 0) is 33.2 Å². The maximum absolute atomic E-state index is 12.5. The maximum Gasteiger partial charge on any atom is 0.326 e. The van der Waals surface area contributed by atoms with Gasteiger partial charge in [0.05, 0.1) is 12.6 Å². The second-order valence-corrected chi connectivity index (χ2v) is 7.11. The highest BCUT2D eigenvalue weighted by atomic mass is 32.2. The molecule has 0 unspecified atom stereocenters. The lowest BCUT2D eigenvalue weighted by atomic mass is 10.1. The van der Waals surface area contributed by atoms with Crippen LogP contribution in [0.4, 0.5) is 4.79 Å². The van der Waals surface area contributed by atoms with Crippen molar-refractivity contribution in [1.82, 2.24) is 15.1 Å². The molecule has 2 heterocycles. The highest BCUT2D eigenvalue weighted by Gasteiger charge is 2.32. The van der Waals surface area contributed by atoms with Crippen LogP contribution in [-0.4, -0.2) is 63.4 Å². The zero-order valence-electron chi connectivity index (χ0n) is 11.9. The van der Waals surface area contributed by atoms with E-state index < -0.39 is 0 Å². The normalized spacial score (nSPS) is 22.6. The summed E-state index contributed by atoms with van der Waals surface area (Å²) in [7, 11) is 0. The van der Waals surface area contributed by atoms with Crippen molar-refractivity contribution in [3.8, 4) is 0 Å². The van der Waals surface area contributed by atoms with Gasteiger partial charge in [0.2, 0.25) is 0 Å². The number of hydrogen-bond donors (Lipinski definition) is 1. The molecule has 2 rings (SSSR count). The summed E-state index contributed by atoms with van der Waals surface area (Å²) < 4.78 is 0.618. The van der Waals surface area contributed by atoms with Gasteiger partial charge < -0.3 is 10.2 Å². The average molecular weight is 315 g/mol. The molecular formula is C13H21N3O2S2. The van der Waals surface area contributed by atoms with Crippen LogP contribution in [0.2, 0.25) is 0 Å². The average Bonchev–Trinajstić information content (AvgIpc) is 3.05. The van der Waals surface area contributed by atoms with E-state index in [2.05, 4.69) is 5.32 Å². The van der Waals surface area contributed by atoms with Crippen molar-refractivity contribution in [3.05, 3.63) is 0 Å². The highest BCUT2D eigenvalue weighted by Crippen LogP contribution is 2.20. The number of hydrogen-bond acceptors (Lipinski definition) is 5. The molecule has 1 N–H and O–H groups in total. The molecule has 2 amide bonds. The molecule has 0 saturated carbocycles. The first kappa shape index (κ1) is 15.7. The van der Waals surface area contributed by atoms with Crippen LogP contribution in [0.5, 0.6) is 0 Å². The van der Waals surface area contributed by atoms with Gasteiger partial charge in [0, 0.05) is 18.3 Å². The third-order valence-corrected chi connectivity index (χ3v) is 5.06. The standard InChI is InChI=1S/C13H21N3O2S2/c1-9(2)16(8-11(17)10-4-3-5-14-10)12(18)15-6-7-20-13(15)19/h9-10,14H,3-8H2,1-2H3/t10-/m1/s1. The first-order chi connectivity index (χ1) is 9.50. The molecule has 1 atom stereocenters. The van der Waals surface area contributed by atoms with E-state index in [0.717, 1.165) is 25.1 Å². The lowest BCUT2D eigenvalue weighted by Crippen LogP contribution is -2.50. The van der Waals surface area contributed by atoms with E-state index in [1.165, 1.54) is 11.8 Å².